The molecule has 1 fully saturated rings. The van der Waals surface area contributed by atoms with E-state index in [9.17, 15) is 0 Å². The Bertz CT molecular complexity index is 271. The largest absolute Gasteiger partial charge is 0.364 e. The summed E-state index contributed by atoms with van der Waals surface area (Å²) in [6, 6.07) is 0.863. The van der Waals surface area contributed by atoms with Crippen molar-refractivity contribution in [2.75, 3.05) is 32.4 Å². The third-order valence-corrected chi connectivity index (χ3v) is 4.63. The van der Waals surface area contributed by atoms with Crippen LogP contribution in [0.1, 0.15) is 26.7 Å². The molecule has 0 unspecified atom stereocenters. The van der Waals surface area contributed by atoms with Gasteiger partial charge in [-0.05, 0) is 25.3 Å². The maximum Gasteiger partial charge on any atom is 0.156 e. The van der Waals surface area contributed by atoms with E-state index in [0.29, 0.717) is 5.41 Å². The molecule has 0 saturated heterocycles. The Kier molecular flexibility index (Phi) is 3.80. The smallest absolute Gasteiger partial charge is 0.156 e. The second-order valence-corrected chi connectivity index (χ2v) is 6.68. The number of thioether (sulfide) groups is 1. The minimum Gasteiger partial charge on any atom is -0.364 e. The molecule has 0 aromatic carbocycles. The lowest BCUT2D eigenvalue weighted by Crippen LogP contribution is -2.36. The van der Waals surface area contributed by atoms with E-state index in [1.807, 2.05) is 11.8 Å². The third kappa shape index (κ3) is 3.67. The topological polar surface area (TPSA) is 27.6 Å². The standard InChI is InChI=1S/C12H23N3S/c1-12(2)8-14-11(16-9-12)13-6-7-15(3)10-4-5-10/h10H,4-9H2,1-3H3,(H,13,14). The van der Waals surface area contributed by atoms with Gasteiger partial charge in [-0.15, -0.1) is 0 Å². The van der Waals surface area contributed by atoms with Crippen molar-refractivity contribution in [3.05, 3.63) is 0 Å². The zero-order valence-corrected chi connectivity index (χ0v) is 11.4. The number of hydrogen-bond acceptors (Lipinski definition) is 4. The van der Waals surface area contributed by atoms with Gasteiger partial charge in [-0.2, -0.15) is 0 Å². The average molecular weight is 241 g/mol. The van der Waals surface area contributed by atoms with E-state index in [1.165, 1.54) is 18.6 Å². The second kappa shape index (κ2) is 4.96. The van der Waals surface area contributed by atoms with Crippen LogP contribution in [-0.4, -0.2) is 48.5 Å². The predicted octanol–water partition coefficient (Wildman–Crippen LogP) is 1.80. The van der Waals surface area contributed by atoms with E-state index in [4.69, 9.17) is 0 Å². The zero-order valence-electron chi connectivity index (χ0n) is 10.6. The summed E-state index contributed by atoms with van der Waals surface area (Å²) in [5.41, 5.74) is 0.376. The van der Waals surface area contributed by atoms with Crippen molar-refractivity contribution in [2.24, 2.45) is 10.4 Å². The Labute approximate surface area is 103 Å². The molecule has 16 heavy (non-hydrogen) atoms. The Morgan fingerprint density at radius 2 is 2.25 bits per heavy atom. The van der Waals surface area contributed by atoms with Crippen molar-refractivity contribution in [1.29, 1.82) is 0 Å². The summed E-state index contributed by atoms with van der Waals surface area (Å²) in [6.07, 6.45) is 2.78. The highest BCUT2D eigenvalue weighted by Gasteiger charge is 2.26. The minimum absolute atomic E-state index is 0.376. The van der Waals surface area contributed by atoms with Gasteiger partial charge in [0.1, 0.15) is 0 Å². The first kappa shape index (κ1) is 12.2. The van der Waals surface area contributed by atoms with Crippen LogP contribution in [0.5, 0.6) is 0 Å². The lowest BCUT2D eigenvalue weighted by atomic mass is 9.97. The lowest BCUT2D eigenvalue weighted by Gasteiger charge is -2.27. The maximum absolute atomic E-state index is 4.59. The van der Waals surface area contributed by atoms with Crippen molar-refractivity contribution < 1.29 is 0 Å². The first-order valence-corrected chi connectivity index (χ1v) is 7.17. The van der Waals surface area contributed by atoms with Crippen LogP contribution in [-0.2, 0) is 0 Å². The molecule has 0 bridgehead atoms. The van der Waals surface area contributed by atoms with E-state index in [-0.39, 0.29) is 0 Å². The SMILES string of the molecule is CN(CCNC1=NCC(C)(C)CS1)C1CC1. The first-order valence-electron chi connectivity index (χ1n) is 6.18. The molecule has 2 aliphatic rings. The van der Waals surface area contributed by atoms with Crippen LogP contribution in [0.15, 0.2) is 4.99 Å². The summed E-state index contributed by atoms with van der Waals surface area (Å²) in [5, 5.41) is 4.59. The van der Waals surface area contributed by atoms with E-state index < -0.39 is 0 Å². The van der Waals surface area contributed by atoms with Gasteiger partial charge < -0.3 is 10.2 Å². The van der Waals surface area contributed by atoms with Gasteiger partial charge in [0.15, 0.2) is 5.17 Å². The van der Waals surface area contributed by atoms with E-state index in [1.54, 1.807) is 0 Å². The molecule has 0 atom stereocenters. The molecule has 1 saturated carbocycles. The molecule has 0 spiro atoms. The third-order valence-electron chi connectivity index (χ3n) is 3.16. The fraction of sp³-hybridized carbons (Fsp3) is 0.917. The van der Waals surface area contributed by atoms with Crippen LogP contribution < -0.4 is 5.32 Å². The Hall–Kier alpha value is -0.220. The molecule has 0 amide bonds. The summed E-state index contributed by atoms with van der Waals surface area (Å²) in [5.74, 6) is 1.18. The summed E-state index contributed by atoms with van der Waals surface area (Å²) in [4.78, 5) is 7.04. The number of nitrogens with zero attached hydrogens (tertiary/aromatic N) is 2. The molecule has 1 heterocycles. The maximum atomic E-state index is 4.59. The van der Waals surface area contributed by atoms with E-state index in [2.05, 4.69) is 36.1 Å². The van der Waals surface area contributed by atoms with Crippen molar-refractivity contribution in [1.82, 2.24) is 10.2 Å². The lowest BCUT2D eigenvalue weighted by molar-refractivity contribution is 0.329. The average Bonchev–Trinajstić information content (AvgIpc) is 3.04. The Morgan fingerprint density at radius 1 is 1.50 bits per heavy atom. The Morgan fingerprint density at radius 3 is 2.81 bits per heavy atom. The minimum atomic E-state index is 0.376. The van der Waals surface area contributed by atoms with E-state index >= 15 is 0 Å². The van der Waals surface area contributed by atoms with Crippen molar-refractivity contribution in [3.8, 4) is 0 Å². The number of nitrogens with one attached hydrogen (secondary N) is 1. The number of likely N-dealkylation sites (N-methyl/N-ethyl adjacent to an activating group) is 1. The first-order chi connectivity index (χ1) is 7.57. The molecule has 1 aliphatic heterocycles. The van der Waals surface area contributed by atoms with Gasteiger partial charge in [0.2, 0.25) is 0 Å². The molecule has 2 rings (SSSR count). The summed E-state index contributed by atoms with van der Waals surface area (Å²) >= 11 is 1.87. The van der Waals surface area contributed by atoms with Crippen LogP contribution in [0, 0.1) is 5.41 Å². The van der Waals surface area contributed by atoms with Gasteiger partial charge in [-0.1, -0.05) is 25.6 Å². The van der Waals surface area contributed by atoms with Crippen molar-refractivity contribution in [3.63, 3.8) is 0 Å². The summed E-state index contributed by atoms with van der Waals surface area (Å²) in [6.45, 7) is 7.68. The summed E-state index contributed by atoms with van der Waals surface area (Å²) < 4.78 is 0. The molecule has 4 heteroatoms. The highest BCUT2D eigenvalue weighted by Crippen LogP contribution is 2.27. The monoisotopic (exact) mass is 241 g/mol. The second-order valence-electron chi connectivity index (χ2n) is 5.71. The van der Waals surface area contributed by atoms with Crippen LogP contribution >= 0.6 is 11.8 Å². The van der Waals surface area contributed by atoms with Crippen molar-refractivity contribution >= 4 is 16.9 Å². The molecule has 0 aromatic rings. The highest BCUT2D eigenvalue weighted by molar-refractivity contribution is 8.13. The fourth-order valence-corrected chi connectivity index (χ4v) is 2.76. The van der Waals surface area contributed by atoms with E-state index in [0.717, 1.165) is 30.8 Å². The molecular weight excluding hydrogens is 218 g/mol. The van der Waals surface area contributed by atoms with Crippen LogP contribution in [0.25, 0.3) is 0 Å². The quantitative estimate of drug-likeness (QED) is 0.813. The van der Waals surface area contributed by atoms with Crippen molar-refractivity contribution in [2.45, 2.75) is 32.7 Å². The van der Waals surface area contributed by atoms with Crippen LogP contribution in [0.4, 0.5) is 0 Å². The number of aliphatic imine (C=N–C) groups is 1. The molecule has 1 aliphatic carbocycles. The molecule has 3 nitrogen and oxygen atoms in total. The van der Waals surface area contributed by atoms with Gasteiger partial charge in [-0.25, -0.2) is 0 Å². The van der Waals surface area contributed by atoms with Gasteiger partial charge in [0.25, 0.3) is 0 Å². The van der Waals surface area contributed by atoms with Gasteiger partial charge in [-0.3, -0.25) is 4.99 Å². The number of rotatable bonds is 4. The molecule has 1 N–H and O–H groups in total. The number of hydrogen-bond donors (Lipinski definition) is 1. The predicted molar refractivity (Wildman–Crippen MR) is 72.2 cm³/mol. The normalized spacial score (nSPS) is 24.4. The van der Waals surface area contributed by atoms with Crippen LogP contribution in [0.3, 0.4) is 0 Å². The number of amidine groups is 1. The summed E-state index contributed by atoms with van der Waals surface area (Å²) in [7, 11) is 2.22. The van der Waals surface area contributed by atoms with Gasteiger partial charge in [0, 0.05) is 31.4 Å². The van der Waals surface area contributed by atoms with Gasteiger partial charge in [0.05, 0.1) is 0 Å². The van der Waals surface area contributed by atoms with Crippen LogP contribution in [0.2, 0.25) is 0 Å². The molecular formula is C12H23N3S. The molecule has 0 aromatic heterocycles. The zero-order chi connectivity index (χ0) is 11.6. The molecule has 0 radical (unpaired) electrons. The Balaban J connectivity index is 1.64. The fourth-order valence-electron chi connectivity index (χ4n) is 1.78. The highest BCUT2D eigenvalue weighted by atomic mass is 32.2. The van der Waals surface area contributed by atoms with Gasteiger partial charge >= 0.3 is 0 Å². The molecule has 92 valence electrons.